The second-order valence-corrected chi connectivity index (χ2v) is 8.24. The third-order valence-corrected chi connectivity index (χ3v) is 7.03. The predicted octanol–water partition coefficient (Wildman–Crippen LogP) is 3.54. The molecule has 0 N–H and O–H groups in total. The molecule has 0 amide bonds. The minimum absolute atomic E-state index is 0.818. The fourth-order valence-electron chi connectivity index (χ4n) is 6.08. The Balaban J connectivity index is 1.52. The van der Waals surface area contributed by atoms with Crippen molar-refractivity contribution >= 4 is 5.71 Å². The van der Waals surface area contributed by atoms with Crippen LogP contribution < -0.4 is 0 Å². The Morgan fingerprint density at radius 2 is 1.87 bits per heavy atom. The summed E-state index contributed by atoms with van der Waals surface area (Å²) in [5.41, 5.74) is 3.14. The lowest BCUT2D eigenvalue weighted by atomic mass is 9.71. The summed E-state index contributed by atoms with van der Waals surface area (Å²) in [7, 11) is 0. The Bertz CT molecular complexity index is 606. The van der Waals surface area contributed by atoms with Crippen LogP contribution in [0.4, 0.5) is 0 Å². The van der Waals surface area contributed by atoms with Gasteiger partial charge >= 0.3 is 0 Å². The van der Waals surface area contributed by atoms with E-state index in [1.165, 1.54) is 70.1 Å². The van der Waals surface area contributed by atoms with E-state index in [9.17, 15) is 0 Å². The molecule has 0 aromatic heterocycles. The zero-order valence-corrected chi connectivity index (χ0v) is 14.2. The van der Waals surface area contributed by atoms with Gasteiger partial charge in [0.2, 0.25) is 0 Å². The van der Waals surface area contributed by atoms with Crippen molar-refractivity contribution in [3.63, 3.8) is 0 Å². The van der Waals surface area contributed by atoms with Gasteiger partial charge in [0.15, 0.2) is 11.8 Å². The SMILES string of the molecule is c1ccc(C2=[N+]3C[C@@H]4C[C@@H](CN5CCCC[C@H]45)[C@@H]3CCC2)cc1. The predicted molar refractivity (Wildman–Crippen MR) is 94.1 cm³/mol. The molecule has 23 heavy (non-hydrogen) atoms. The number of hydrogen-bond donors (Lipinski definition) is 0. The van der Waals surface area contributed by atoms with Gasteiger partial charge < -0.3 is 0 Å². The van der Waals surface area contributed by atoms with Crippen LogP contribution >= 0.6 is 0 Å². The summed E-state index contributed by atoms with van der Waals surface area (Å²) in [4.78, 5) is 2.87. The lowest BCUT2D eigenvalue weighted by molar-refractivity contribution is -0.603. The van der Waals surface area contributed by atoms with Crippen LogP contribution in [0.2, 0.25) is 0 Å². The van der Waals surface area contributed by atoms with Crippen molar-refractivity contribution in [2.24, 2.45) is 11.8 Å². The van der Waals surface area contributed by atoms with Gasteiger partial charge in [-0.05, 0) is 44.4 Å². The molecule has 4 aliphatic heterocycles. The Morgan fingerprint density at radius 1 is 0.957 bits per heavy atom. The molecule has 0 aliphatic carbocycles. The number of benzene rings is 1. The average molecular weight is 309 g/mol. The maximum atomic E-state index is 2.87. The molecule has 3 fully saturated rings. The van der Waals surface area contributed by atoms with Crippen molar-refractivity contribution in [1.82, 2.24) is 4.90 Å². The molecule has 0 radical (unpaired) electrons. The number of fused-ring (bicyclic) bond motifs is 6. The van der Waals surface area contributed by atoms with Crippen molar-refractivity contribution in [3.8, 4) is 0 Å². The summed E-state index contributed by atoms with van der Waals surface area (Å²) in [6.07, 6.45) is 9.95. The van der Waals surface area contributed by atoms with Gasteiger partial charge in [-0.2, -0.15) is 0 Å². The van der Waals surface area contributed by atoms with E-state index in [2.05, 4.69) is 39.8 Å². The Kier molecular flexibility index (Phi) is 3.54. The Morgan fingerprint density at radius 3 is 2.78 bits per heavy atom. The first kappa shape index (κ1) is 14.2. The topological polar surface area (TPSA) is 6.25 Å². The van der Waals surface area contributed by atoms with E-state index in [-0.39, 0.29) is 0 Å². The summed E-state index contributed by atoms with van der Waals surface area (Å²) in [5.74, 6) is 1.84. The molecule has 2 nitrogen and oxygen atoms in total. The van der Waals surface area contributed by atoms with Crippen LogP contribution in [0.5, 0.6) is 0 Å². The van der Waals surface area contributed by atoms with Gasteiger partial charge in [-0.25, -0.2) is 4.58 Å². The van der Waals surface area contributed by atoms with E-state index in [1.54, 1.807) is 5.71 Å². The van der Waals surface area contributed by atoms with Gasteiger partial charge in [-0.3, -0.25) is 4.90 Å². The van der Waals surface area contributed by atoms with E-state index in [1.807, 2.05) is 0 Å². The lowest BCUT2D eigenvalue weighted by Gasteiger charge is -2.51. The normalized spacial score (nSPS) is 37.2. The summed E-state index contributed by atoms with van der Waals surface area (Å²) >= 11 is 0. The molecule has 1 aromatic rings. The standard InChI is InChI=1S/C21H29N2/c1-2-7-16(8-3-1)20-10-6-11-21-17-13-18(15-23(20)21)19-9-4-5-12-22(19)14-17/h1-3,7-8,17-19,21H,4-6,9-15H2/q+1/t17-,18-,19+,21-/m0/s1. The molecular weight excluding hydrogens is 280 g/mol. The summed E-state index contributed by atoms with van der Waals surface area (Å²) in [5, 5.41) is 0. The zero-order valence-electron chi connectivity index (χ0n) is 14.2. The van der Waals surface area contributed by atoms with Crippen molar-refractivity contribution in [2.75, 3.05) is 19.6 Å². The molecule has 3 saturated heterocycles. The number of hydrogen-bond acceptors (Lipinski definition) is 1. The second-order valence-electron chi connectivity index (χ2n) is 8.24. The van der Waals surface area contributed by atoms with E-state index in [0.29, 0.717) is 0 Å². The smallest absolute Gasteiger partial charge is 0.183 e. The molecule has 1 aromatic carbocycles. The van der Waals surface area contributed by atoms with E-state index >= 15 is 0 Å². The third-order valence-electron chi connectivity index (χ3n) is 7.03. The molecule has 4 heterocycles. The molecule has 5 rings (SSSR count). The number of piperidine rings is 3. The first-order chi connectivity index (χ1) is 11.4. The number of nitrogens with zero attached hydrogens (tertiary/aromatic N) is 2. The highest BCUT2D eigenvalue weighted by Gasteiger charge is 2.50. The second kappa shape index (κ2) is 5.73. The highest BCUT2D eigenvalue weighted by molar-refractivity contribution is 5.97. The van der Waals surface area contributed by atoms with Crippen LogP contribution in [0.25, 0.3) is 0 Å². The van der Waals surface area contributed by atoms with Crippen molar-refractivity contribution < 1.29 is 4.58 Å². The highest BCUT2D eigenvalue weighted by Crippen LogP contribution is 2.41. The fraction of sp³-hybridized carbons (Fsp3) is 0.667. The first-order valence-corrected chi connectivity index (χ1v) is 9.82. The van der Waals surface area contributed by atoms with Gasteiger partial charge in [0, 0.05) is 42.8 Å². The van der Waals surface area contributed by atoms with Gasteiger partial charge in [-0.15, -0.1) is 0 Å². The maximum Gasteiger partial charge on any atom is 0.183 e. The Hall–Kier alpha value is -1.15. The maximum absolute atomic E-state index is 2.87. The molecule has 0 unspecified atom stereocenters. The van der Waals surface area contributed by atoms with Gasteiger partial charge in [0.05, 0.1) is 0 Å². The highest BCUT2D eigenvalue weighted by atomic mass is 15.2. The monoisotopic (exact) mass is 309 g/mol. The molecular formula is C21H29N2+. The van der Waals surface area contributed by atoms with Crippen LogP contribution in [0, 0.1) is 11.8 Å². The minimum atomic E-state index is 0.818. The quantitative estimate of drug-likeness (QED) is 0.719. The van der Waals surface area contributed by atoms with Gasteiger partial charge in [0.1, 0.15) is 6.54 Å². The number of rotatable bonds is 1. The van der Waals surface area contributed by atoms with E-state index in [4.69, 9.17) is 0 Å². The third kappa shape index (κ3) is 2.38. The van der Waals surface area contributed by atoms with Crippen LogP contribution in [-0.4, -0.2) is 46.9 Å². The van der Waals surface area contributed by atoms with Crippen LogP contribution in [0.3, 0.4) is 0 Å². The van der Waals surface area contributed by atoms with Gasteiger partial charge in [0.25, 0.3) is 0 Å². The summed E-state index contributed by atoms with van der Waals surface area (Å²) < 4.78 is 2.86. The van der Waals surface area contributed by atoms with Crippen LogP contribution in [0.1, 0.15) is 50.5 Å². The van der Waals surface area contributed by atoms with Crippen LogP contribution in [0.15, 0.2) is 30.3 Å². The zero-order chi connectivity index (χ0) is 15.2. The Labute approximate surface area is 140 Å². The minimum Gasteiger partial charge on any atom is -0.299 e. The van der Waals surface area contributed by atoms with E-state index in [0.717, 1.165) is 23.9 Å². The molecule has 122 valence electrons. The van der Waals surface area contributed by atoms with Crippen molar-refractivity contribution in [2.45, 2.75) is 57.0 Å². The average Bonchev–Trinajstić information content (AvgIpc) is 2.62. The van der Waals surface area contributed by atoms with Crippen molar-refractivity contribution in [1.29, 1.82) is 0 Å². The molecule has 0 saturated carbocycles. The first-order valence-electron chi connectivity index (χ1n) is 9.82. The van der Waals surface area contributed by atoms with E-state index < -0.39 is 0 Å². The largest absolute Gasteiger partial charge is 0.299 e. The van der Waals surface area contributed by atoms with Gasteiger partial charge in [-0.1, -0.05) is 24.6 Å². The lowest BCUT2D eigenvalue weighted by Crippen LogP contribution is -2.61. The van der Waals surface area contributed by atoms with Crippen molar-refractivity contribution in [3.05, 3.63) is 35.9 Å². The molecule has 0 spiro atoms. The molecule has 2 heteroatoms. The van der Waals surface area contributed by atoms with Crippen LogP contribution in [-0.2, 0) is 0 Å². The molecule has 2 bridgehead atoms. The summed E-state index contributed by atoms with van der Waals surface area (Å²) in [6.45, 7) is 4.08. The summed E-state index contributed by atoms with van der Waals surface area (Å²) in [6, 6.07) is 12.9. The fourth-order valence-corrected chi connectivity index (χ4v) is 6.08. The molecule has 4 aliphatic rings. The molecule has 4 atom stereocenters.